The van der Waals surface area contributed by atoms with Gasteiger partial charge in [-0.15, -0.1) is 0 Å². The van der Waals surface area contributed by atoms with Crippen LogP contribution in [-0.2, 0) is 4.79 Å². The maximum absolute atomic E-state index is 10.6. The maximum Gasteiger partial charge on any atom is 0.304 e. The summed E-state index contributed by atoms with van der Waals surface area (Å²) < 4.78 is 6.29. The molecule has 112 valence electrons. The summed E-state index contributed by atoms with van der Waals surface area (Å²) in [5, 5.41) is 8.76. The van der Waals surface area contributed by atoms with Gasteiger partial charge in [0.05, 0.1) is 6.42 Å². The van der Waals surface area contributed by atoms with E-state index in [0.717, 1.165) is 37.2 Å². The van der Waals surface area contributed by atoms with Gasteiger partial charge in [0.2, 0.25) is 0 Å². The van der Waals surface area contributed by atoms with Gasteiger partial charge in [-0.3, -0.25) is 4.79 Å². The third-order valence-corrected chi connectivity index (χ3v) is 4.39. The van der Waals surface area contributed by atoms with Crippen LogP contribution in [0.15, 0.2) is 24.3 Å². The quantitative estimate of drug-likeness (QED) is 0.928. The molecule has 2 aliphatic heterocycles. The largest absolute Gasteiger partial charge is 0.482 e. The summed E-state index contributed by atoms with van der Waals surface area (Å²) in [4.78, 5) is 12.9. The van der Waals surface area contributed by atoms with E-state index in [1.165, 1.54) is 5.56 Å². The Morgan fingerprint density at radius 3 is 2.86 bits per heavy atom. The molecule has 2 aliphatic rings. The minimum atomic E-state index is -0.728. The summed E-state index contributed by atoms with van der Waals surface area (Å²) in [6.07, 6.45) is 6.38. The molecule has 0 unspecified atom stereocenters. The summed E-state index contributed by atoms with van der Waals surface area (Å²) in [5.41, 5.74) is 2.14. The minimum Gasteiger partial charge on any atom is -0.482 e. The molecule has 3 rings (SSSR count). The molecule has 21 heavy (non-hydrogen) atoms. The van der Waals surface area contributed by atoms with Crippen LogP contribution in [0.5, 0.6) is 5.75 Å². The number of carboxylic acid groups (broad SMARTS) is 1. The van der Waals surface area contributed by atoms with Crippen LogP contribution < -0.4 is 4.74 Å². The van der Waals surface area contributed by atoms with E-state index in [0.29, 0.717) is 6.54 Å². The third-order valence-electron chi connectivity index (χ3n) is 4.39. The standard InChI is InChI=1S/C17H21NO3/c1-13-2-3-14-4-6-17(21-15(14)12-13)7-10-18(11-8-17)9-5-16(19)20/h2-4,6,12H,5,7-11H2,1H3,(H,19,20). The van der Waals surface area contributed by atoms with Crippen LogP contribution in [0.2, 0.25) is 0 Å². The Labute approximate surface area is 125 Å². The average molecular weight is 287 g/mol. The molecule has 1 aromatic carbocycles. The molecule has 0 saturated carbocycles. The number of fused-ring (bicyclic) bond motifs is 1. The lowest BCUT2D eigenvalue weighted by Gasteiger charge is -2.41. The Kier molecular flexibility index (Phi) is 3.72. The van der Waals surface area contributed by atoms with Gasteiger partial charge in [0.25, 0.3) is 0 Å². The summed E-state index contributed by atoms with van der Waals surface area (Å²) in [5.74, 6) is 0.241. The second-order valence-corrected chi connectivity index (χ2v) is 6.03. The van der Waals surface area contributed by atoms with Crippen LogP contribution >= 0.6 is 0 Å². The number of nitrogens with zero attached hydrogens (tertiary/aromatic N) is 1. The van der Waals surface area contributed by atoms with Crippen molar-refractivity contribution < 1.29 is 14.6 Å². The number of benzene rings is 1. The average Bonchev–Trinajstić information content (AvgIpc) is 2.46. The lowest BCUT2D eigenvalue weighted by atomic mass is 9.88. The Morgan fingerprint density at radius 1 is 1.38 bits per heavy atom. The molecule has 1 spiro atoms. The predicted molar refractivity (Wildman–Crippen MR) is 81.5 cm³/mol. The minimum absolute atomic E-state index is 0.208. The normalized spacial score (nSPS) is 20.0. The van der Waals surface area contributed by atoms with Gasteiger partial charge in [0, 0.05) is 38.0 Å². The van der Waals surface area contributed by atoms with E-state index in [2.05, 4.69) is 42.2 Å². The highest BCUT2D eigenvalue weighted by molar-refractivity contribution is 5.66. The second-order valence-electron chi connectivity index (χ2n) is 6.03. The van der Waals surface area contributed by atoms with Crippen molar-refractivity contribution in [1.29, 1.82) is 0 Å². The van der Waals surface area contributed by atoms with Crippen molar-refractivity contribution in [3.8, 4) is 5.75 Å². The van der Waals surface area contributed by atoms with Crippen LogP contribution in [0.1, 0.15) is 30.4 Å². The second kappa shape index (κ2) is 5.53. The van der Waals surface area contributed by atoms with E-state index in [1.54, 1.807) is 0 Å². The molecule has 1 N–H and O–H groups in total. The number of carbonyl (C=O) groups is 1. The Balaban J connectivity index is 1.65. The number of piperidine rings is 1. The zero-order valence-corrected chi connectivity index (χ0v) is 12.3. The molecule has 0 atom stereocenters. The molecule has 0 amide bonds. The number of aliphatic carboxylic acids is 1. The molecule has 2 heterocycles. The SMILES string of the molecule is Cc1ccc2c(c1)OC1(C=C2)CCN(CCC(=O)O)CC1. The van der Waals surface area contributed by atoms with Crippen molar-refractivity contribution in [2.24, 2.45) is 0 Å². The van der Waals surface area contributed by atoms with Crippen LogP contribution in [0.4, 0.5) is 0 Å². The van der Waals surface area contributed by atoms with Gasteiger partial charge in [0.1, 0.15) is 11.4 Å². The molecule has 0 aromatic heterocycles. The first kappa shape index (κ1) is 14.1. The van der Waals surface area contributed by atoms with Crippen LogP contribution in [0.3, 0.4) is 0 Å². The fourth-order valence-electron chi connectivity index (χ4n) is 3.04. The Morgan fingerprint density at radius 2 is 2.14 bits per heavy atom. The van der Waals surface area contributed by atoms with Crippen molar-refractivity contribution in [2.75, 3.05) is 19.6 Å². The number of hydrogen-bond donors (Lipinski definition) is 1. The monoisotopic (exact) mass is 287 g/mol. The van der Waals surface area contributed by atoms with E-state index in [9.17, 15) is 4.79 Å². The van der Waals surface area contributed by atoms with Crippen LogP contribution in [0.25, 0.3) is 6.08 Å². The van der Waals surface area contributed by atoms with E-state index < -0.39 is 5.97 Å². The number of likely N-dealkylation sites (tertiary alicyclic amines) is 1. The highest BCUT2D eigenvalue weighted by Gasteiger charge is 2.36. The molecule has 0 aliphatic carbocycles. The number of hydrogen-bond acceptors (Lipinski definition) is 3. The van der Waals surface area contributed by atoms with E-state index >= 15 is 0 Å². The van der Waals surface area contributed by atoms with E-state index in [4.69, 9.17) is 9.84 Å². The number of carboxylic acids is 1. The van der Waals surface area contributed by atoms with Gasteiger partial charge >= 0.3 is 5.97 Å². The zero-order chi connectivity index (χ0) is 14.9. The Hall–Kier alpha value is -1.81. The molecule has 4 heteroatoms. The topological polar surface area (TPSA) is 49.8 Å². The fourth-order valence-corrected chi connectivity index (χ4v) is 3.04. The van der Waals surface area contributed by atoms with Crippen molar-refractivity contribution in [2.45, 2.75) is 31.8 Å². The molecule has 1 fully saturated rings. The molecule has 1 saturated heterocycles. The number of rotatable bonds is 3. The molecule has 0 radical (unpaired) electrons. The number of aryl methyl sites for hydroxylation is 1. The number of ether oxygens (including phenoxy) is 1. The summed E-state index contributed by atoms with van der Waals surface area (Å²) in [7, 11) is 0. The van der Waals surface area contributed by atoms with Gasteiger partial charge in [-0.2, -0.15) is 0 Å². The zero-order valence-electron chi connectivity index (χ0n) is 12.3. The van der Waals surface area contributed by atoms with E-state index in [1.807, 2.05) is 0 Å². The smallest absolute Gasteiger partial charge is 0.304 e. The van der Waals surface area contributed by atoms with Gasteiger partial charge in [-0.25, -0.2) is 0 Å². The maximum atomic E-state index is 10.6. The third kappa shape index (κ3) is 3.10. The molecular formula is C17H21NO3. The first-order valence-corrected chi connectivity index (χ1v) is 7.49. The summed E-state index contributed by atoms with van der Waals surface area (Å²) in [6, 6.07) is 6.28. The molecule has 4 nitrogen and oxygen atoms in total. The van der Waals surface area contributed by atoms with Gasteiger partial charge in [-0.05, 0) is 24.6 Å². The lowest BCUT2D eigenvalue weighted by molar-refractivity contribution is -0.137. The van der Waals surface area contributed by atoms with Crippen molar-refractivity contribution in [3.63, 3.8) is 0 Å². The molecular weight excluding hydrogens is 266 g/mol. The van der Waals surface area contributed by atoms with Gasteiger partial charge in [0.15, 0.2) is 0 Å². The highest BCUT2D eigenvalue weighted by Crippen LogP contribution is 2.37. The highest BCUT2D eigenvalue weighted by atomic mass is 16.5. The molecule has 0 bridgehead atoms. The Bertz CT molecular complexity index is 571. The van der Waals surface area contributed by atoms with Crippen molar-refractivity contribution in [1.82, 2.24) is 4.90 Å². The predicted octanol–water partition coefficient (Wildman–Crippen LogP) is 2.71. The van der Waals surface area contributed by atoms with Gasteiger partial charge in [-0.1, -0.05) is 18.2 Å². The fraction of sp³-hybridized carbons (Fsp3) is 0.471. The summed E-state index contributed by atoms with van der Waals surface area (Å²) >= 11 is 0. The van der Waals surface area contributed by atoms with Crippen molar-refractivity contribution in [3.05, 3.63) is 35.4 Å². The lowest BCUT2D eigenvalue weighted by Crippen LogP contribution is -2.48. The summed E-state index contributed by atoms with van der Waals surface area (Å²) in [6.45, 7) is 4.48. The van der Waals surface area contributed by atoms with Gasteiger partial charge < -0.3 is 14.7 Å². The first-order chi connectivity index (χ1) is 10.1. The van der Waals surface area contributed by atoms with E-state index in [-0.39, 0.29) is 12.0 Å². The van der Waals surface area contributed by atoms with Crippen LogP contribution in [-0.4, -0.2) is 41.2 Å². The van der Waals surface area contributed by atoms with Crippen LogP contribution in [0, 0.1) is 6.92 Å². The van der Waals surface area contributed by atoms with Crippen molar-refractivity contribution >= 4 is 12.0 Å². The first-order valence-electron chi connectivity index (χ1n) is 7.49. The molecule has 1 aromatic rings.